The van der Waals surface area contributed by atoms with E-state index in [-0.39, 0.29) is 5.54 Å². The Kier molecular flexibility index (Phi) is 6.49. The fraction of sp³-hybridized carbons (Fsp3) is 0.800. The van der Waals surface area contributed by atoms with Gasteiger partial charge < -0.3 is 5.32 Å². The molecule has 2 heteroatoms. The first-order valence-electron chi connectivity index (χ1n) is 7.14. The number of ketones is 1. The molecule has 0 aliphatic carbocycles. The normalized spacial score (nSPS) is 23.8. The minimum Gasteiger partial charge on any atom is -0.305 e. The van der Waals surface area contributed by atoms with Crippen LogP contribution in [0.4, 0.5) is 0 Å². The monoisotopic (exact) mass is 237 g/mol. The van der Waals surface area contributed by atoms with Crippen LogP contribution < -0.4 is 5.32 Å². The van der Waals surface area contributed by atoms with E-state index in [4.69, 9.17) is 0 Å². The Bertz CT molecular complexity index is 241. The van der Waals surface area contributed by atoms with Crippen LogP contribution in [0, 0.1) is 0 Å². The summed E-state index contributed by atoms with van der Waals surface area (Å²) in [6.45, 7) is 6.90. The van der Waals surface area contributed by atoms with Gasteiger partial charge in [0.2, 0.25) is 0 Å². The average Bonchev–Trinajstić information content (AvgIpc) is 2.79. The van der Waals surface area contributed by atoms with E-state index < -0.39 is 0 Å². The molecule has 1 unspecified atom stereocenters. The third kappa shape index (κ3) is 4.27. The topological polar surface area (TPSA) is 29.1 Å². The zero-order valence-electron chi connectivity index (χ0n) is 11.3. The van der Waals surface area contributed by atoms with E-state index in [0.29, 0.717) is 5.78 Å². The van der Waals surface area contributed by atoms with Gasteiger partial charge in [0, 0.05) is 6.42 Å². The minimum atomic E-state index is -0.160. The first-order chi connectivity index (χ1) is 8.25. The summed E-state index contributed by atoms with van der Waals surface area (Å²) < 4.78 is 0. The van der Waals surface area contributed by atoms with Gasteiger partial charge in [-0.05, 0) is 45.1 Å². The lowest BCUT2D eigenvalue weighted by atomic mass is 9.85. The van der Waals surface area contributed by atoms with Crippen molar-refractivity contribution in [1.82, 2.24) is 5.32 Å². The van der Waals surface area contributed by atoms with Crippen molar-refractivity contribution in [3.8, 4) is 0 Å². The van der Waals surface area contributed by atoms with Crippen molar-refractivity contribution in [3.63, 3.8) is 0 Å². The summed E-state index contributed by atoms with van der Waals surface area (Å²) in [5, 5.41) is 3.46. The number of hydrogen-bond acceptors (Lipinski definition) is 2. The number of carbonyl (C=O) groups is 1. The highest BCUT2D eigenvalue weighted by molar-refractivity contribution is 5.88. The second-order valence-corrected chi connectivity index (χ2v) is 5.17. The van der Waals surface area contributed by atoms with Crippen LogP contribution in [0.3, 0.4) is 0 Å². The van der Waals surface area contributed by atoms with Crippen molar-refractivity contribution >= 4 is 5.78 Å². The van der Waals surface area contributed by atoms with E-state index >= 15 is 0 Å². The largest absolute Gasteiger partial charge is 0.305 e. The highest BCUT2D eigenvalue weighted by Gasteiger charge is 2.38. The molecule has 1 N–H and O–H groups in total. The lowest BCUT2D eigenvalue weighted by Gasteiger charge is -2.27. The molecule has 0 radical (unpaired) electrons. The lowest BCUT2D eigenvalue weighted by molar-refractivity contribution is -0.125. The molecule has 17 heavy (non-hydrogen) atoms. The molecule has 1 rings (SSSR count). The Hall–Kier alpha value is -0.630. The standard InChI is InChI=1S/C15H27NO/c1-3-5-6-7-8-10-14(17)15(11-4-2)12-9-13-16-15/h3,16H,1,4-13H2,2H3. The third-order valence-corrected chi connectivity index (χ3v) is 3.77. The molecule has 0 aromatic rings. The molecule has 1 aliphatic heterocycles. The van der Waals surface area contributed by atoms with Crippen LogP contribution in [0.5, 0.6) is 0 Å². The molecule has 1 fully saturated rings. The van der Waals surface area contributed by atoms with Gasteiger partial charge >= 0.3 is 0 Å². The van der Waals surface area contributed by atoms with Crippen molar-refractivity contribution < 1.29 is 4.79 Å². The molecule has 0 aromatic carbocycles. The highest BCUT2D eigenvalue weighted by Crippen LogP contribution is 2.27. The molecular weight excluding hydrogens is 210 g/mol. The van der Waals surface area contributed by atoms with E-state index in [0.717, 1.165) is 57.9 Å². The van der Waals surface area contributed by atoms with Crippen LogP contribution in [-0.4, -0.2) is 17.9 Å². The van der Waals surface area contributed by atoms with E-state index in [2.05, 4.69) is 18.8 Å². The molecule has 2 nitrogen and oxygen atoms in total. The number of Topliss-reactive ketones (excluding diaryl/α,β-unsaturated/α-hetero) is 1. The maximum Gasteiger partial charge on any atom is 0.152 e. The molecule has 1 aliphatic rings. The summed E-state index contributed by atoms with van der Waals surface area (Å²) >= 11 is 0. The van der Waals surface area contributed by atoms with E-state index in [1.54, 1.807) is 0 Å². The molecule has 1 heterocycles. The number of hydrogen-bond donors (Lipinski definition) is 1. The molecule has 1 saturated heterocycles. The Balaban J connectivity index is 2.30. The molecular formula is C15H27NO. The van der Waals surface area contributed by atoms with Crippen LogP contribution in [0.15, 0.2) is 12.7 Å². The van der Waals surface area contributed by atoms with Crippen LogP contribution in [0.2, 0.25) is 0 Å². The molecule has 0 bridgehead atoms. The zero-order valence-corrected chi connectivity index (χ0v) is 11.3. The zero-order chi connectivity index (χ0) is 12.6. The summed E-state index contributed by atoms with van der Waals surface area (Å²) in [6, 6.07) is 0. The molecule has 1 atom stereocenters. The first kappa shape index (κ1) is 14.4. The van der Waals surface area contributed by atoms with Gasteiger partial charge in [-0.1, -0.05) is 25.8 Å². The van der Waals surface area contributed by atoms with Gasteiger partial charge in [0.15, 0.2) is 5.78 Å². The number of rotatable bonds is 9. The predicted octanol–water partition coefficient (Wildman–Crippen LogP) is 3.61. The average molecular weight is 237 g/mol. The fourth-order valence-corrected chi connectivity index (χ4v) is 2.81. The van der Waals surface area contributed by atoms with Crippen molar-refractivity contribution in [2.75, 3.05) is 6.54 Å². The van der Waals surface area contributed by atoms with Crippen LogP contribution in [-0.2, 0) is 4.79 Å². The lowest BCUT2D eigenvalue weighted by Crippen LogP contribution is -2.47. The first-order valence-corrected chi connectivity index (χ1v) is 7.14. The van der Waals surface area contributed by atoms with Crippen molar-refractivity contribution in [3.05, 3.63) is 12.7 Å². The van der Waals surface area contributed by atoms with Crippen LogP contribution in [0.1, 0.15) is 64.7 Å². The Morgan fingerprint density at radius 2 is 2.24 bits per heavy atom. The summed E-state index contributed by atoms with van der Waals surface area (Å²) in [5.74, 6) is 0.454. The SMILES string of the molecule is C=CCCCCCC(=O)C1(CCC)CCCN1. The number of carbonyl (C=O) groups excluding carboxylic acids is 1. The second-order valence-electron chi connectivity index (χ2n) is 5.17. The Morgan fingerprint density at radius 1 is 1.41 bits per heavy atom. The molecule has 0 spiro atoms. The smallest absolute Gasteiger partial charge is 0.152 e. The maximum absolute atomic E-state index is 12.3. The van der Waals surface area contributed by atoms with Crippen molar-refractivity contribution in [1.29, 1.82) is 0 Å². The van der Waals surface area contributed by atoms with Gasteiger partial charge in [0.1, 0.15) is 0 Å². The van der Waals surface area contributed by atoms with Crippen molar-refractivity contribution in [2.24, 2.45) is 0 Å². The second kappa shape index (κ2) is 7.65. The van der Waals surface area contributed by atoms with Gasteiger partial charge in [0.05, 0.1) is 5.54 Å². The summed E-state index contributed by atoms with van der Waals surface area (Å²) in [7, 11) is 0. The summed E-state index contributed by atoms with van der Waals surface area (Å²) in [4.78, 5) is 12.3. The van der Waals surface area contributed by atoms with E-state index in [9.17, 15) is 4.79 Å². The predicted molar refractivity (Wildman–Crippen MR) is 73.2 cm³/mol. The quantitative estimate of drug-likeness (QED) is 0.490. The number of nitrogens with one attached hydrogen (secondary N) is 1. The van der Waals surface area contributed by atoms with Gasteiger partial charge in [0.25, 0.3) is 0 Å². The van der Waals surface area contributed by atoms with Gasteiger partial charge in [-0.2, -0.15) is 0 Å². The van der Waals surface area contributed by atoms with Crippen molar-refractivity contribution in [2.45, 2.75) is 70.3 Å². The molecule has 0 saturated carbocycles. The number of allylic oxidation sites excluding steroid dienone is 1. The van der Waals surface area contributed by atoms with Gasteiger partial charge in [-0.25, -0.2) is 0 Å². The highest BCUT2D eigenvalue weighted by atomic mass is 16.1. The maximum atomic E-state index is 12.3. The molecule has 0 amide bonds. The van der Waals surface area contributed by atoms with Gasteiger partial charge in [-0.3, -0.25) is 4.79 Å². The minimum absolute atomic E-state index is 0.160. The Labute approximate surface area is 106 Å². The van der Waals surface area contributed by atoms with Crippen LogP contribution in [0.25, 0.3) is 0 Å². The third-order valence-electron chi connectivity index (χ3n) is 3.77. The molecule has 98 valence electrons. The number of unbranched alkanes of at least 4 members (excludes halogenated alkanes) is 3. The fourth-order valence-electron chi connectivity index (χ4n) is 2.81. The summed E-state index contributed by atoms with van der Waals surface area (Å²) in [6.07, 6.45) is 11.5. The summed E-state index contributed by atoms with van der Waals surface area (Å²) in [5.41, 5.74) is -0.160. The van der Waals surface area contributed by atoms with Gasteiger partial charge in [-0.15, -0.1) is 6.58 Å². The molecule has 0 aromatic heterocycles. The van der Waals surface area contributed by atoms with Crippen LogP contribution >= 0.6 is 0 Å². The van der Waals surface area contributed by atoms with E-state index in [1.807, 2.05) is 6.08 Å². The van der Waals surface area contributed by atoms with E-state index in [1.165, 1.54) is 6.42 Å². The Morgan fingerprint density at radius 3 is 2.82 bits per heavy atom.